The maximum atomic E-state index is 12.2. The smallest absolute Gasteiger partial charge is 0.279 e. The second kappa shape index (κ2) is 4.81. The van der Waals surface area contributed by atoms with Crippen LogP contribution in [0, 0.1) is 0 Å². The molecule has 0 radical (unpaired) electrons. The first-order valence-electron chi connectivity index (χ1n) is 5.75. The SMILES string of the molecule is C=C(C)C(=O)C1=Cc2ccccc2C(S(=O)(=O)O)C1=O. The highest BCUT2D eigenvalue weighted by Gasteiger charge is 2.40. The summed E-state index contributed by atoms with van der Waals surface area (Å²) in [6.07, 6.45) is 1.33. The van der Waals surface area contributed by atoms with Crippen LogP contribution in [-0.4, -0.2) is 24.5 Å². The van der Waals surface area contributed by atoms with Crippen molar-refractivity contribution >= 4 is 27.8 Å². The number of benzene rings is 1. The van der Waals surface area contributed by atoms with E-state index in [4.69, 9.17) is 0 Å². The lowest BCUT2D eigenvalue weighted by Gasteiger charge is -2.21. The van der Waals surface area contributed by atoms with Crippen LogP contribution in [0.25, 0.3) is 6.08 Å². The zero-order valence-electron chi connectivity index (χ0n) is 10.7. The van der Waals surface area contributed by atoms with E-state index in [0.717, 1.165) is 0 Å². The number of allylic oxidation sites excluding steroid dienone is 2. The number of Topliss-reactive ketones (excluding diaryl/α,β-unsaturated/α-hetero) is 2. The summed E-state index contributed by atoms with van der Waals surface area (Å²) in [5, 5.41) is -1.76. The molecule has 5 nitrogen and oxygen atoms in total. The number of hydrogen-bond acceptors (Lipinski definition) is 4. The fraction of sp³-hybridized carbons (Fsp3) is 0.143. The molecule has 1 aliphatic rings. The van der Waals surface area contributed by atoms with Crippen LogP contribution >= 0.6 is 0 Å². The summed E-state index contributed by atoms with van der Waals surface area (Å²) in [5.74, 6) is -1.56. The van der Waals surface area contributed by atoms with Gasteiger partial charge in [-0.05, 0) is 29.7 Å². The molecule has 0 saturated heterocycles. The van der Waals surface area contributed by atoms with Crippen LogP contribution in [-0.2, 0) is 19.7 Å². The van der Waals surface area contributed by atoms with E-state index in [1.54, 1.807) is 18.2 Å². The molecular formula is C14H12O5S. The van der Waals surface area contributed by atoms with Crippen molar-refractivity contribution in [3.63, 3.8) is 0 Å². The lowest BCUT2D eigenvalue weighted by atomic mass is 9.87. The Labute approximate surface area is 116 Å². The molecule has 6 heteroatoms. The molecule has 1 N–H and O–H groups in total. The molecule has 0 bridgehead atoms. The quantitative estimate of drug-likeness (QED) is 0.520. The largest absolute Gasteiger partial charge is 0.292 e. The van der Waals surface area contributed by atoms with Crippen molar-refractivity contribution in [2.24, 2.45) is 0 Å². The van der Waals surface area contributed by atoms with E-state index < -0.39 is 26.9 Å². The van der Waals surface area contributed by atoms with Crippen molar-refractivity contribution in [2.45, 2.75) is 12.2 Å². The molecule has 1 unspecified atom stereocenters. The lowest BCUT2D eigenvalue weighted by Crippen LogP contribution is -2.29. The van der Waals surface area contributed by atoms with Crippen LogP contribution in [0.1, 0.15) is 23.3 Å². The zero-order chi connectivity index (χ0) is 15.1. The van der Waals surface area contributed by atoms with Crippen LogP contribution < -0.4 is 0 Å². The predicted octanol–water partition coefficient (Wildman–Crippen LogP) is 1.73. The van der Waals surface area contributed by atoms with E-state index >= 15 is 0 Å². The van der Waals surface area contributed by atoms with E-state index in [2.05, 4.69) is 6.58 Å². The highest BCUT2D eigenvalue weighted by Crippen LogP contribution is 2.35. The predicted molar refractivity (Wildman–Crippen MR) is 73.5 cm³/mol. The Balaban J connectivity index is 2.72. The molecule has 0 amide bonds. The lowest BCUT2D eigenvalue weighted by molar-refractivity contribution is -0.119. The molecule has 0 fully saturated rings. The minimum absolute atomic E-state index is 0.123. The molecule has 20 heavy (non-hydrogen) atoms. The summed E-state index contributed by atoms with van der Waals surface area (Å²) < 4.78 is 32.2. The number of rotatable bonds is 3. The standard InChI is InChI=1S/C14H12O5S/c1-8(2)12(15)11-7-9-5-3-4-6-10(9)14(13(11)16)20(17,18)19/h3-7,14H,1H2,2H3,(H,17,18,19). The van der Waals surface area contributed by atoms with Gasteiger partial charge in [0.2, 0.25) is 0 Å². The molecule has 1 atom stereocenters. The fourth-order valence-electron chi connectivity index (χ4n) is 2.09. The van der Waals surface area contributed by atoms with Crippen LogP contribution in [0.5, 0.6) is 0 Å². The van der Waals surface area contributed by atoms with Crippen molar-refractivity contribution in [1.29, 1.82) is 0 Å². The highest BCUT2D eigenvalue weighted by atomic mass is 32.2. The van der Waals surface area contributed by atoms with Gasteiger partial charge in [-0.3, -0.25) is 14.1 Å². The Morgan fingerprint density at radius 2 is 1.90 bits per heavy atom. The zero-order valence-corrected chi connectivity index (χ0v) is 11.5. The van der Waals surface area contributed by atoms with Crippen LogP contribution in [0.15, 0.2) is 42.0 Å². The number of ketones is 2. The summed E-state index contributed by atoms with van der Waals surface area (Å²) in [6.45, 7) is 4.88. The molecule has 0 aliphatic heterocycles. The van der Waals surface area contributed by atoms with Gasteiger partial charge in [0, 0.05) is 0 Å². The Bertz CT molecular complexity index is 756. The van der Waals surface area contributed by atoms with E-state index in [9.17, 15) is 22.6 Å². The Morgan fingerprint density at radius 1 is 1.30 bits per heavy atom. The fourth-order valence-corrected chi connectivity index (χ4v) is 3.03. The molecular weight excluding hydrogens is 280 g/mol. The number of hydrogen-bond donors (Lipinski definition) is 1. The molecule has 1 aliphatic carbocycles. The van der Waals surface area contributed by atoms with Crippen molar-refractivity contribution in [3.05, 3.63) is 53.1 Å². The molecule has 1 aromatic carbocycles. The van der Waals surface area contributed by atoms with E-state index in [1.165, 1.54) is 19.1 Å². The Morgan fingerprint density at radius 3 is 2.45 bits per heavy atom. The van der Waals surface area contributed by atoms with Gasteiger partial charge in [-0.2, -0.15) is 8.42 Å². The topological polar surface area (TPSA) is 88.5 Å². The maximum Gasteiger partial charge on any atom is 0.279 e. The summed E-state index contributed by atoms with van der Waals surface area (Å²) in [5.41, 5.74) is 0.425. The minimum Gasteiger partial charge on any atom is -0.292 e. The summed E-state index contributed by atoms with van der Waals surface area (Å²) >= 11 is 0. The molecule has 0 aromatic heterocycles. The summed E-state index contributed by atoms with van der Waals surface area (Å²) in [7, 11) is -4.65. The Kier molecular flexibility index (Phi) is 3.45. The summed E-state index contributed by atoms with van der Waals surface area (Å²) in [4.78, 5) is 24.1. The molecule has 1 aromatic rings. The average Bonchev–Trinajstić information content (AvgIpc) is 2.35. The average molecular weight is 292 g/mol. The van der Waals surface area contributed by atoms with Gasteiger partial charge in [-0.15, -0.1) is 0 Å². The molecule has 0 saturated carbocycles. The minimum atomic E-state index is -4.65. The first kappa shape index (κ1) is 14.4. The molecule has 0 spiro atoms. The molecule has 0 heterocycles. The van der Waals surface area contributed by atoms with E-state index in [0.29, 0.717) is 5.56 Å². The number of carbonyl (C=O) groups is 2. The normalized spacial score (nSPS) is 18.2. The highest BCUT2D eigenvalue weighted by molar-refractivity contribution is 7.86. The van der Waals surface area contributed by atoms with E-state index in [-0.39, 0.29) is 16.7 Å². The summed E-state index contributed by atoms with van der Waals surface area (Å²) in [6, 6.07) is 6.22. The van der Waals surface area contributed by atoms with Crippen molar-refractivity contribution in [3.8, 4) is 0 Å². The Hall–Kier alpha value is -2.05. The van der Waals surface area contributed by atoms with Gasteiger partial charge in [0.1, 0.15) is 0 Å². The third-order valence-corrected chi connectivity index (χ3v) is 4.08. The second-order valence-electron chi connectivity index (χ2n) is 4.56. The van der Waals surface area contributed by atoms with Crippen LogP contribution in [0.2, 0.25) is 0 Å². The van der Waals surface area contributed by atoms with Crippen molar-refractivity contribution < 1.29 is 22.6 Å². The monoisotopic (exact) mass is 292 g/mol. The van der Waals surface area contributed by atoms with Gasteiger partial charge in [0.15, 0.2) is 16.8 Å². The van der Waals surface area contributed by atoms with Gasteiger partial charge in [0.25, 0.3) is 10.1 Å². The third-order valence-electron chi connectivity index (χ3n) is 3.01. The number of carbonyl (C=O) groups excluding carboxylic acids is 2. The number of fused-ring (bicyclic) bond motifs is 1. The van der Waals surface area contributed by atoms with Gasteiger partial charge in [0.05, 0.1) is 5.57 Å². The maximum absolute atomic E-state index is 12.2. The first-order chi connectivity index (χ1) is 9.23. The molecule has 104 valence electrons. The van der Waals surface area contributed by atoms with Gasteiger partial charge in [-0.1, -0.05) is 30.8 Å². The van der Waals surface area contributed by atoms with Crippen molar-refractivity contribution in [1.82, 2.24) is 0 Å². The second-order valence-corrected chi connectivity index (χ2v) is 6.06. The first-order valence-corrected chi connectivity index (χ1v) is 7.25. The molecule has 2 rings (SSSR count). The van der Waals surface area contributed by atoms with Gasteiger partial charge >= 0.3 is 0 Å². The van der Waals surface area contributed by atoms with E-state index in [1.807, 2.05) is 0 Å². The van der Waals surface area contributed by atoms with Gasteiger partial charge < -0.3 is 0 Å². The van der Waals surface area contributed by atoms with Crippen LogP contribution in [0.3, 0.4) is 0 Å². The van der Waals surface area contributed by atoms with Crippen molar-refractivity contribution in [2.75, 3.05) is 0 Å². The van der Waals surface area contributed by atoms with Gasteiger partial charge in [-0.25, -0.2) is 0 Å². The third kappa shape index (κ3) is 2.35. The van der Waals surface area contributed by atoms with Crippen LogP contribution in [0.4, 0.5) is 0 Å².